The maximum absolute atomic E-state index is 12.2. The predicted octanol–water partition coefficient (Wildman–Crippen LogP) is 1.77. The van der Waals surface area contributed by atoms with E-state index in [2.05, 4.69) is 5.16 Å². The first-order valence-electron chi connectivity index (χ1n) is 6.38. The lowest BCUT2D eigenvalue weighted by atomic mass is 10.1. The van der Waals surface area contributed by atoms with Crippen molar-refractivity contribution in [1.29, 1.82) is 0 Å². The van der Waals surface area contributed by atoms with Crippen molar-refractivity contribution in [3.05, 3.63) is 35.9 Å². The Bertz CT molecular complexity index is 597. The highest BCUT2D eigenvalue weighted by Gasteiger charge is 2.44. The van der Waals surface area contributed by atoms with E-state index in [1.807, 2.05) is 6.07 Å². The minimum absolute atomic E-state index is 0.0104. The molecule has 1 atom stereocenters. The maximum atomic E-state index is 12.2. The van der Waals surface area contributed by atoms with Crippen molar-refractivity contribution in [3.63, 3.8) is 0 Å². The molecule has 0 aliphatic carbocycles. The Hall–Kier alpha value is -1.89. The molecule has 1 N–H and O–H groups in total. The van der Waals surface area contributed by atoms with E-state index in [1.54, 1.807) is 24.3 Å². The number of hydrogen-bond acceptors (Lipinski definition) is 6. The summed E-state index contributed by atoms with van der Waals surface area (Å²) in [5.74, 6) is -0.805. The van der Waals surface area contributed by atoms with Crippen LogP contribution < -0.4 is 0 Å². The zero-order valence-electron chi connectivity index (χ0n) is 12.0. The first-order valence-corrected chi connectivity index (χ1v) is 8.27. The third-order valence-electron chi connectivity index (χ3n) is 3.30. The van der Waals surface area contributed by atoms with Gasteiger partial charge in [0.1, 0.15) is 6.61 Å². The molecule has 21 heavy (non-hydrogen) atoms. The molecule has 0 bridgehead atoms. The van der Waals surface area contributed by atoms with E-state index >= 15 is 0 Å². The smallest absolute Gasteiger partial charge is 0.327 e. The van der Waals surface area contributed by atoms with Crippen LogP contribution in [0.4, 0.5) is 0 Å². The Morgan fingerprint density at radius 3 is 2.52 bits per heavy atom. The number of hydrogen-bond donors (Lipinski definition) is 1. The summed E-state index contributed by atoms with van der Waals surface area (Å²) in [5.41, 5.74) is 0.777. The van der Waals surface area contributed by atoms with E-state index in [9.17, 15) is 13.2 Å². The van der Waals surface area contributed by atoms with Crippen LogP contribution in [0, 0.1) is 0 Å². The highest BCUT2D eigenvalue weighted by Crippen LogP contribution is 2.24. The summed E-state index contributed by atoms with van der Waals surface area (Å²) in [4.78, 5) is 12.2. The molecule has 6 nitrogen and oxygen atoms in total. The fraction of sp³-hybridized carbons (Fsp3) is 0.429. The Morgan fingerprint density at radius 1 is 1.38 bits per heavy atom. The number of rotatable bonds is 7. The molecule has 116 valence electrons. The number of benzene rings is 1. The van der Waals surface area contributed by atoms with Gasteiger partial charge in [0.2, 0.25) is 0 Å². The number of carbonyl (C=O) groups excluding carboxylic acids is 1. The largest absolute Gasteiger partial charge is 0.460 e. The average Bonchev–Trinajstić information content (AvgIpc) is 2.44. The second kappa shape index (κ2) is 7.21. The zero-order valence-corrected chi connectivity index (χ0v) is 12.8. The van der Waals surface area contributed by atoms with Crippen LogP contribution in [0.2, 0.25) is 0 Å². The molecule has 0 aromatic heterocycles. The van der Waals surface area contributed by atoms with Gasteiger partial charge in [0.05, 0.1) is 0 Å². The summed E-state index contributed by atoms with van der Waals surface area (Å²) < 4.78 is 27.2. The molecule has 0 saturated heterocycles. The van der Waals surface area contributed by atoms with Gasteiger partial charge < -0.3 is 9.94 Å². The third kappa shape index (κ3) is 4.56. The summed E-state index contributed by atoms with van der Waals surface area (Å²) >= 11 is 0. The molecule has 0 aliphatic rings. The monoisotopic (exact) mass is 313 g/mol. The second-order valence-electron chi connectivity index (χ2n) is 4.90. The minimum Gasteiger partial charge on any atom is -0.460 e. The van der Waals surface area contributed by atoms with Crippen LogP contribution in [0.3, 0.4) is 0 Å². The van der Waals surface area contributed by atoms with E-state index < -0.39 is 20.6 Å². The van der Waals surface area contributed by atoms with E-state index in [1.165, 1.54) is 6.92 Å². The Kier molecular flexibility index (Phi) is 5.90. The summed E-state index contributed by atoms with van der Waals surface area (Å²) in [5, 5.41) is 11.2. The molecule has 0 radical (unpaired) electrons. The van der Waals surface area contributed by atoms with E-state index in [4.69, 9.17) is 9.94 Å². The van der Waals surface area contributed by atoms with E-state index in [0.717, 1.165) is 18.0 Å². The summed E-state index contributed by atoms with van der Waals surface area (Å²) in [6.07, 6.45) is 2.28. The summed E-state index contributed by atoms with van der Waals surface area (Å²) in [7, 11) is -3.67. The van der Waals surface area contributed by atoms with Crippen molar-refractivity contribution < 1.29 is 23.2 Å². The molecule has 1 rings (SSSR count). The highest BCUT2D eigenvalue weighted by molar-refractivity contribution is 7.92. The van der Waals surface area contributed by atoms with Crippen molar-refractivity contribution >= 4 is 22.0 Å². The first-order chi connectivity index (χ1) is 9.81. The molecule has 0 saturated carbocycles. The molecule has 1 aromatic carbocycles. The third-order valence-corrected chi connectivity index (χ3v) is 5.30. The van der Waals surface area contributed by atoms with Crippen molar-refractivity contribution in [2.24, 2.45) is 5.16 Å². The maximum Gasteiger partial charge on any atom is 0.327 e. The predicted molar refractivity (Wildman–Crippen MR) is 79.0 cm³/mol. The van der Waals surface area contributed by atoms with Crippen LogP contribution >= 0.6 is 0 Å². The lowest BCUT2D eigenvalue weighted by Crippen LogP contribution is -2.44. The highest BCUT2D eigenvalue weighted by atomic mass is 32.2. The van der Waals surface area contributed by atoms with Gasteiger partial charge in [-0.15, -0.1) is 5.16 Å². The average molecular weight is 313 g/mol. The van der Waals surface area contributed by atoms with Gasteiger partial charge in [-0.05, 0) is 25.3 Å². The number of esters is 1. The van der Waals surface area contributed by atoms with Crippen LogP contribution in [0.25, 0.3) is 0 Å². The van der Waals surface area contributed by atoms with Gasteiger partial charge in [-0.25, -0.2) is 8.42 Å². The van der Waals surface area contributed by atoms with Gasteiger partial charge in [0, 0.05) is 12.5 Å². The molecule has 0 aliphatic heterocycles. The number of ether oxygens (including phenoxy) is 1. The van der Waals surface area contributed by atoms with Gasteiger partial charge in [0.15, 0.2) is 14.6 Å². The second-order valence-corrected chi connectivity index (χ2v) is 7.35. The normalized spacial score (nSPS) is 14.8. The van der Waals surface area contributed by atoms with Gasteiger partial charge in [-0.3, -0.25) is 4.79 Å². The molecule has 0 fully saturated rings. The lowest BCUT2D eigenvalue weighted by molar-refractivity contribution is -0.147. The molecular formula is C14H19NO5S. The van der Waals surface area contributed by atoms with Crippen molar-refractivity contribution in [2.45, 2.75) is 31.1 Å². The number of nitrogens with zero attached hydrogens (tertiary/aromatic N) is 1. The van der Waals surface area contributed by atoms with Crippen molar-refractivity contribution in [1.82, 2.24) is 0 Å². The quantitative estimate of drug-likeness (QED) is 0.358. The SMILES string of the molecule is C[C@@](CC/C=N\O)(C(=O)OCc1ccccc1)S(C)(=O)=O. The van der Waals surface area contributed by atoms with Gasteiger partial charge in [-0.2, -0.15) is 0 Å². The van der Waals surface area contributed by atoms with Crippen molar-refractivity contribution in [3.8, 4) is 0 Å². The lowest BCUT2D eigenvalue weighted by Gasteiger charge is -2.24. The zero-order chi connectivity index (χ0) is 15.9. The fourth-order valence-corrected chi connectivity index (χ4v) is 2.56. The van der Waals surface area contributed by atoms with Crippen LogP contribution in [0.1, 0.15) is 25.3 Å². The summed E-state index contributed by atoms with van der Waals surface area (Å²) in [6.45, 7) is 1.33. The topological polar surface area (TPSA) is 93.0 Å². The van der Waals surface area contributed by atoms with E-state index in [0.29, 0.717) is 0 Å². The standard InChI is InChI=1S/C14H19NO5S/c1-14(21(2,18)19,9-6-10-15-17)13(16)20-11-12-7-4-3-5-8-12/h3-5,7-8,10,17H,6,9,11H2,1-2H3/b15-10-/t14-/m1/s1. The van der Waals surface area contributed by atoms with Crippen LogP contribution in [0.15, 0.2) is 35.5 Å². The van der Waals surface area contributed by atoms with Crippen molar-refractivity contribution in [2.75, 3.05) is 6.26 Å². The first kappa shape index (κ1) is 17.2. The molecular weight excluding hydrogens is 294 g/mol. The number of sulfone groups is 1. The van der Waals surface area contributed by atoms with Gasteiger partial charge in [0.25, 0.3) is 0 Å². The molecule has 0 spiro atoms. The Labute approximate surface area is 124 Å². The molecule has 7 heteroatoms. The van der Waals surface area contributed by atoms with Crippen LogP contribution in [-0.4, -0.2) is 36.8 Å². The molecule has 0 unspecified atom stereocenters. The van der Waals surface area contributed by atoms with E-state index in [-0.39, 0.29) is 19.4 Å². The molecule has 0 amide bonds. The van der Waals surface area contributed by atoms with Gasteiger partial charge in [-0.1, -0.05) is 30.3 Å². The number of oxime groups is 1. The van der Waals surface area contributed by atoms with Gasteiger partial charge >= 0.3 is 5.97 Å². The summed E-state index contributed by atoms with van der Waals surface area (Å²) in [6, 6.07) is 9.00. The molecule has 1 aromatic rings. The Balaban J connectivity index is 2.81. The Morgan fingerprint density at radius 2 is 2.00 bits per heavy atom. The van der Waals surface area contributed by atoms with Crippen LogP contribution in [0.5, 0.6) is 0 Å². The van der Waals surface area contributed by atoms with Crippen LogP contribution in [-0.2, 0) is 26.0 Å². The minimum atomic E-state index is -3.67. The molecule has 0 heterocycles. The number of carbonyl (C=O) groups is 1. The fourth-order valence-electron chi connectivity index (χ4n) is 1.71.